The van der Waals surface area contributed by atoms with Gasteiger partial charge in [0.15, 0.2) is 5.84 Å². The molecule has 10 nitrogen and oxygen atoms in total. The number of hydrazine groups is 1. The minimum absolute atomic E-state index is 0.0963. The van der Waals surface area contributed by atoms with Crippen molar-refractivity contribution in [2.75, 3.05) is 0 Å². The third kappa shape index (κ3) is 7.10. The molecule has 34 heavy (non-hydrogen) atoms. The Morgan fingerprint density at radius 3 is 2.18 bits per heavy atom. The number of amides is 2. The zero-order chi connectivity index (χ0) is 24.9. The summed E-state index contributed by atoms with van der Waals surface area (Å²) in [6, 6.07) is 17.9. The summed E-state index contributed by atoms with van der Waals surface area (Å²) in [5, 5.41) is 9.18. The summed E-state index contributed by atoms with van der Waals surface area (Å²) >= 11 is 0. The molecule has 1 heterocycles. The Morgan fingerprint density at radius 2 is 1.59 bits per heavy atom. The predicted molar refractivity (Wildman–Crippen MR) is 131 cm³/mol. The first-order chi connectivity index (χ1) is 16.5. The smallest absolute Gasteiger partial charge is 0.270 e. The molecule has 0 radical (unpaired) electrons. The first-order valence-electron chi connectivity index (χ1n) is 10.8. The molecule has 0 bridgehead atoms. The molecule has 3 aromatic rings. The van der Waals surface area contributed by atoms with E-state index in [9.17, 15) is 9.59 Å². The number of hydrogen-bond donors (Lipinski definition) is 5. The molecule has 10 heteroatoms. The SMILES string of the molecule is CC.CC(NC(=O)c1cc(C(=O)NCc2ccc(/C(=N/N)NN)cc2)ncn1)c1ccccc1. The lowest BCUT2D eigenvalue weighted by atomic mass is 10.1. The van der Waals surface area contributed by atoms with Crippen LogP contribution >= 0.6 is 0 Å². The number of nitrogens with two attached hydrogens (primary N) is 2. The van der Waals surface area contributed by atoms with Gasteiger partial charge < -0.3 is 21.9 Å². The van der Waals surface area contributed by atoms with Gasteiger partial charge in [-0.15, -0.1) is 0 Å². The van der Waals surface area contributed by atoms with E-state index in [1.165, 1.54) is 12.4 Å². The minimum Gasteiger partial charge on any atom is -0.347 e. The molecular weight excluding hydrogens is 432 g/mol. The summed E-state index contributed by atoms with van der Waals surface area (Å²) < 4.78 is 0. The monoisotopic (exact) mass is 462 g/mol. The van der Waals surface area contributed by atoms with Crippen LogP contribution in [0.5, 0.6) is 0 Å². The van der Waals surface area contributed by atoms with Crippen LogP contribution in [0.25, 0.3) is 0 Å². The summed E-state index contributed by atoms with van der Waals surface area (Å²) in [4.78, 5) is 33.0. The molecular formula is C24H30N8O2. The number of aromatic nitrogens is 2. The van der Waals surface area contributed by atoms with Crippen LogP contribution in [0, 0.1) is 0 Å². The molecule has 0 aliphatic heterocycles. The molecule has 0 aliphatic carbocycles. The van der Waals surface area contributed by atoms with Crippen LogP contribution in [-0.4, -0.2) is 27.6 Å². The van der Waals surface area contributed by atoms with Gasteiger partial charge in [-0.1, -0.05) is 68.4 Å². The van der Waals surface area contributed by atoms with E-state index in [1.54, 1.807) is 12.1 Å². The molecule has 178 valence electrons. The Kier molecular flexibility index (Phi) is 10.1. The second-order valence-electron chi connectivity index (χ2n) is 6.90. The summed E-state index contributed by atoms with van der Waals surface area (Å²) in [6.07, 6.45) is 1.19. The van der Waals surface area contributed by atoms with Gasteiger partial charge in [0.1, 0.15) is 17.7 Å². The average Bonchev–Trinajstić information content (AvgIpc) is 2.90. The van der Waals surface area contributed by atoms with Crippen LogP contribution in [0.4, 0.5) is 0 Å². The van der Waals surface area contributed by atoms with E-state index in [0.717, 1.165) is 11.1 Å². The van der Waals surface area contributed by atoms with Gasteiger partial charge in [0.2, 0.25) is 0 Å². The van der Waals surface area contributed by atoms with E-state index >= 15 is 0 Å². The number of rotatable bonds is 7. The number of amidine groups is 1. The number of nitrogens with one attached hydrogen (secondary N) is 3. The molecule has 7 N–H and O–H groups in total. The van der Waals surface area contributed by atoms with Crippen molar-refractivity contribution in [1.29, 1.82) is 0 Å². The minimum atomic E-state index is -0.422. The van der Waals surface area contributed by atoms with Gasteiger partial charge in [0.25, 0.3) is 11.8 Å². The Hall–Kier alpha value is -4.31. The highest BCUT2D eigenvalue weighted by Gasteiger charge is 2.16. The number of carbonyl (C=O) groups excluding carboxylic acids is 2. The average molecular weight is 463 g/mol. The highest BCUT2D eigenvalue weighted by molar-refractivity contribution is 5.98. The van der Waals surface area contributed by atoms with Gasteiger partial charge in [-0.25, -0.2) is 15.8 Å². The Labute approximate surface area is 198 Å². The zero-order valence-electron chi connectivity index (χ0n) is 19.4. The van der Waals surface area contributed by atoms with Gasteiger partial charge >= 0.3 is 0 Å². The largest absolute Gasteiger partial charge is 0.347 e. The van der Waals surface area contributed by atoms with E-state index in [4.69, 9.17) is 11.7 Å². The van der Waals surface area contributed by atoms with Crippen LogP contribution in [-0.2, 0) is 6.54 Å². The van der Waals surface area contributed by atoms with E-state index in [2.05, 4.69) is 31.1 Å². The molecule has 0 saturated heterocycles. The Morgan fingerprint density at radius 1 is 0.971 bits per heavy atom. The second-order valence-corrected chi connectivity index (χ2v) is 6.90. The van der Waals surface area contributed by atoms with Crippen molar-refractivity contribution in [2.45, 2.75) is 33.4 Å². The zero-order valence-corrected chi connectivity index (χ0v) is 19.4. The lowest BCUT2D eigenvalue weighted by molar-refractivity contribution is 0.0934. The molecule has 0 spiro atoms. The number of carbonyl (C=O) groups is 2. The molecule has 0 aliphatic rings. The highest BCUT2D eigenvalue weighted by atomic mass is 16.2. The first-order valence-corrected chi connectivity index (χ1v) is 10.8. The predicted octanol–water partition coefficient (Wildman–Crippen LogP) is 2.01. The molecule has 0 saturated carbocycles. The molecule has 1 unspecified atom stereocenters. The van der Waals surface area contributed by atoms with Crippen LogP contribution in [0.2, 0.25) is 0 Å². The van der Waals surface area contributed by atoms with E-state index in [1.807, 2.05) is 63.2 Å². The van der Waals surface area contributed by atoms with Gasteiger partial charge in [-0.2, -0.15) is 5.10 Å². The van der Waals surface area contributed by atoms with Crippen molar-refractivity contribution >= 4 is 17.6 Å². The van der Waals surface area contributed by atoms with Crippen molar-refractivity contribution in [3.05, 3.63) is 95.1 Å². The number of benzene rings is 2. The van der Waals surface area contributed by atoms with Crippen LogP contribution in [0.1, 0.15) is 64.5 Å². The lowest BCUT2D eigenvalue weighted by Gasteiger charge is -2.14. The maximum Gasteiger partial charge on any atom is 0.270 e. The van der Waals surface area contributed by atoms with Crippen LogP contribution < -0.4 is 27.7 Å². The lowest BCUT2D eigenvalue weighted by Crippen LogP contribution is -2.32. The van der Waals surface area contributed by atoms with Crippen molar-refractivity contribution < 1.29 is 9.59 Å². The molecule has 1 aromatic heterocycles. The topological polar surface area (TPSA) is 160 Å². The number of nitrogens with zero attached hydrogens (tertiary/aromatic N) is 3. The number of hydrogen-bond acceptors (Lipinski definition) is 7. The number of hydrazone groups is 1. The summed E-state index contributed by atoms with van der Waals surface area (Å²) in [6.45, 7) is 6.14. The van der Waals surface area contributed by atoms with Crippen molar-refractivity contribution in [1.82, 2.24) is 26.0 Å². The van der Waals surface area contributed by atoms with Crippen molar-refractivity contribution in [3.63, 3.8) is 0 Å². The maximum atomic E-state index is 12.6. The standard InChI is InChI=1S/C22H24N8O2.C2H6/c1-14(16-5-3-2-4-6-16)28-22(32)19-11-18(26-13-27-19)21(31)25-12-15-7-9-17(10-8-15)20(29-23)30-24;1-2/h2-11,13-14H,12,23-24H2,1H3,(H,25,31)(H,28,32)(H,29,30);1-2H3. The van der Waals surface area contributed by atoms with E-state index in [0.29, 0.717) is 11.4 Å². The fourth-order valence-corrected chi connectivity index (χ4v) is 2.95. The molecule has 3 rings (SSSR count). The molecule has 2 aromatic carbocycles. The van der Waals surface area contributed by atoms with Crippen molar-refractivity contribution in [3.8, 4) is 0 Å². The van der Waals surface area contributed by atoms with Crippen LogP contribution in [0.15, 0.2) is 72.1 Å². The Bertz CT molecular complexity index is 1100. The quantitative estimate of drug-likeness (QED) is 0.155. The summed E-state index contributed by atoms with van der Waals surface area (Å²) in [5.41, 5.74) is 5.13. The second kappa shape index (κ2) is 13.3. The highest BCUT2D eigenvalue weighted by Crippen LogP contribution is 2.12. The third-order valence-corrected chi connectivity index (χ3v) is 4.73. The van der Waals surface area contributed by atoms with Crippen LogP contribution in [0.3, 0.4) is 0 Å². The van der Waals surface area contributed by atoms with Gasteiger partial charge in [0, 0.05) is 18.2 Å². The summed E-state index contributed by atoms with van der Waals surface area (Å²) in [5.74, 6) is 10.1. The first kappa shape index (κ1) is 25.9. The fraction of sp³-hybridized carbons (Fsp3) is 0.208. The van der Waals surface area contributed by atoms with E-state index in [-0.39, 0.29) is 29.9 Å². The fourth-order valence-electron chi connectivity index (χ4n) is 2.95. The van der Waals surface area contributed by atoms with Gasteiger partial charge in [0.05, 0.1) is 6.04 Å². The van der Waals surface area contributed by atoms with Crippen molar-refractivity contribution in [2.24, 2.45) is 16.8 Å². The van der Waals surface area contributed by atoms with E-state index < -0.39 is 5.91 Å². The third-order valence-electron chi connectivity index (χ3n) is 4.73. The van der Waals surface area contributed by atoms with Gasteiger partial charge in [-0.05, 0) is 18.1 Å². The van der Waals surface area contributed by atoms with Gasteiger partial charge in [-0.3, -0.25) is 9.59 Å². The molecule has 2 amide bonds. The Balaban J connectivity index is 0.00000199. The molecule has 0 fully saturated rings. The normalized spacial score (nSPS) is 11.5. The molecule has 1 atom stereocenters. The maximum absolute atomic E-state index is 12.6. The summed E-state index contributed by atoms with van der Waals surface area (Å²) in [7, 11) is 0.